The number of pyridine rings is 1. The van der Waals surface area contributed by atoms with Crippen molar-refractivity contribution in [2.24, 2.45) is 17.6 Å². The summed E-state index contributed by atoms with van der Waals surface area (Å²) in [4.78, 5) is 26.1. The number of hydrogen-bond donors (Lipinski definition) is 2. The Hall–Kier alpha value is -3.13. The Labute approximate surface area is 160 Å². The highest BCUT2D eigenvalue weighted by atomic mass is 19.1. The fourth-order valence-electron chi connectivity index (χ4n) is 4.08. The van der Waals surface area contributed by atoms with Crippen molar-refractivity contribution in [3.8, 4) is 0 Å². The van der Waals surface area contributed by atoms with Crippen LogP contribution < -0.4 is 16.0 Å². The van der Waals surface area contributed by atoms with Gasteiger partial charge < -0.3 is 16.0 Å². The van der Waals surface area contributed by atoms with Crippen LogP contribution >= 0.6 is 0 Å². The molecule has 0 radical (unpaired) electrons. The van der Waals surface area contributed by atoms with Crippen molar-refractivity contribution >= 4 is 22.8 Å². The van der Waals surface area contributed by atoms with E-state index in [1.54, 1.807) is 6.07 Å². The first-order chi connectivity index (χ1) is 13.6. The number of aromatic nitrogens is 3. The van der Waals surface area contributed by atoms with Crippen LogP contribution in [0.3, 0.4) is 0 Å². The standard InChI is InChI=1S/C20H19FN6O/c21-14-1-2-17-12(4-14)3-11(5-23-17)6-24-18-15-9-27(10-16(15)18)20-25-7-13(8-26-20)19(22)28/h1-5,7-8,15-16,18,24H,6,9-10H2,(H2,22,28). The number of halogens is 1. The van der Waals surface area contributed by atoms with Gasteiger partial charge in [-0.3, -0.25) is 9.78 Å². The van der Waals surface area contributed by atoms with E-state index >= 15 is 0 Å². The molecule has 3 heterocycles. The highest BCUT2D eigenvalue weighted by molar-refractivity contribution is 5.92. The lowest BCUT2D eigenvalue weighted by Gasteiger charge is -2.20. The van der Waals surface area contributed by atoms with Gasteiger partial charge in [0.15, 0.2) is 0 Å². The van der Waals surface area contributed by atoms with Crippen molar-refractivity contribution in [3.63, 3.8) is 0 Å². The SMILES string of the molecule is NC(=O)c1cnc(N2CC3C(C2)C3NCc2cnc3ccc(F)cc3c2)nc1. The predicted octanol–water partition coefficient (Wildman–Crippen LogP) is 1.49. The number of carbonyl (C=O) groups excluding carboxylic acids is 1. The van der Waals surface area contributed by atoms with Gasteiger partial charge in [-0.15, -0.1) is 0 Å². The molecule has 1 aromatic carbocycles. The second-order valence-corrected chi connectivity index (χ2v) is 7.46. The number of carbonyl (C=O) groups is 1. The first-order valence-electron chi connectivity index (χ1n) is 9.23. The normalized spacial score (nSPS) is 23.0. The van der Waals surface area contributed by atoms with Gasteiger partial charge in [-0.05, 0) is 41.7 Å². The molecule has 28 heavy (non-hydrogen) atoms. The lowest BCUT2D eigenvalue weighted by molar-refractivity contribution is 0.0999. The summed E-state index contributed by atoms with van der Waals surface area (Å²) in [6.07, 6.45) is 4.78. The lowest BCUT2D eigenvalue weighted by Crippen LogP contribution is -2.32. The smallest absolute Gasteiger partial charge is 0.251 e. The number of benzene rings is 1. The van der Waals surface area contributed by atoms with E-state index in [0.29, 0.717) is 35.9 Å². The number of nitrogens with two attached hydrogens (primary N) is 1. The van der Waals surface area contributed by atoms with Crippen molar-refractivity contribution in [1.29, 1.82) is 0 Å². The maximum atomic E-state index is 13.4. The zero-order chi connectivity index (χ0) is 19.3. The van der Waals surface area contributed by atoms with Gasteiger partial charge in [-0.2, -0.15) is 0 Å². The molecule has 0 bridgehead atoms. The minimum atomic E-state index is -0.522. The molecule has 142 valence electrons. The maximum Gasteiger partial charge on any atom is 0.251 e. The fourth-order valence-corrected chi connectivity index (χ4v) is 4.08. The molecule has 0 spiro atoms. The Bertz CT molecular complexity index is 1040. The summed E-state index contributed by atoms with van der Waals surface area (Å²) < 4.78 is 13.4. The van der Waals surface area contributed by atoms with Gasteiger partial charge in [-0.25, -0.2) is 14.4 Å². The predicted molar refractivity (Wildman–Crippen MR) is 102 cm³/mol. The van der Waals surface area contributed by atoms with Crippen molar-refractivity contribution in [3.05, 3.63) is 59.8 Å². The summed E-state index contributed by atoms with van der Waals surface area (Å²) in [6, 6.07) is 7.08. The number of fused-ring (bicyclic) bond motifs is 2. The third kappa shape index (κ3) is 3.05. The first-order valence-corrected chi connectivity index (χ1v) is 9.23. The minimum absolute atomic E-state index is 0.248. The van der Waals surface area contributed by atoms with Gasteiger partial charge in [-0.1, -0.05) is 0 Å². The fraction of sp³-hybridized carbons (Fsp3) is 0.300. The number of piperidine rings is 1. The van der Waals surface area contributed by atoms with Gasteiger partial charge in [0.2, 0.25) is 5.95 Å². The highest BCUT2D eigenvalue weighted by Crippen LogP contribution is 2.46. The molecule has 1 saturated heterocycles. The van der Waals surface area contributed by atoms with Gasteiger partial charge in [0.05, 0.1) is 11.1 Å². The molecule has 5 rings (SSSR count). The third-order valence-electron chi connectivity index (χ3n) is 5.64. The molecule has 8 heteroatoms. The molecule has 2 atom stereocenters. The van der Waals surface area contributed by atoms with E-state index in [1.165, 1.54) is 24.5 Å². The largest absolute Gasteiger partial charge is 0.366 e. The molecule has 1 aliphatic heterocycles. The number of primary amides is 1. The zero-order valence-electron chi connectivity index (χ0n) is 15.0. The average Bonchev–Trinajstić information content (AvgIpc) is 3.15. The zero-order valence-corrected chi connectivity index (χ0v) is 15.0. The number of anilines is 1. The molecule has 2 aromatic heterocycles. The molecule has 1 saturated carbocycles. The summed E-state index contributed by atoms with van der Waals surface area (Å²) in [7, 11) is 0. The molecule has 2 aliphatic rings. The van der Waals surface area contributed by atoms with E-state index in [9.17, 15) is 9.18 Å². The average molecular weight is 378 g/mol. The van der Waals surface area contributed by atoms with Gasteiger partial charge in [0, 0.05) is 49.7 Å². The third-order valence-corrected chi connectivity index (χ3v) is 5.64. The van der Waals surface area contributed by atoms with E-state index in [4.69, 9.17) is 5.73 Å². The van der Waals surface area contributed by atoms with E-state index < -0.39 is 5.91 Å². The van der Waals surface area contributed by atoms with Crippen LogP contribution in [0.2, 0.25) is 0 Å². The summed E-state index contributed by atoms with van der Waals surface area (Å²) >= 11 is 0. The van der Waals surface area contributed by atoms with Crippen LogP contribution in [0.5, 0.6) is 0 Å². The van der Waals surface area contributed by atoms with Crippen LogP contribution in [0, 0.1) is 17.7 Å². The highest BCUT2D eigenvalue weighted by Gasteiger charge is 2.55. The lowest BCUT2D eigenvalue weighted by atomic mass is 10.1. The molecule has 2 unspecified atom stereocenters. The van der Waals surface area contributed by atoms with Crippen LogP contribution in [-0.2, 0) is 6.54 Å². The number of nitrogens with one attached hydrogen (secondary N) is 1. The Morgan fingerprint density at radius 3 is 2.61 bits per heavy atom. The molecule has 3 aromatic rings. The Morgan fingerprint density at radius 2 is 1.89 bits per heavy atom. The summed E-state index contributed by atoms with van der Waals surface area (Å²) in [5, 5.41) is 4.41. The molecule has 1 aliphatic carbocycles. The second-order valence-electron chi connectivity index (χ2n) is 7.46. The van der Waals surface area contributed by atoms with E-state index in [-0.39, 0.29) is 5.82 Å². The number of hydrogen-bond acceptors (Lipinski definition) is 6. The molecule has 1 amide bonds. The topological polar surface area (TPSA) is 97.0 Å². The summed E-state index contributed by atoms with van der Waals surface area (Å²) in [5.74, 6) is 0.987. The van der Waals surface area contributed by atoms with E-state index in [1.807, 2.05) is 12.3 Å². The van der Waals surface area contributed by atoms with Gasteiger partial charge >= 0.3 is 0 Å². The molecular weight excluding hydrogens is 359 g/mol. The van der Waals surface area contributed by atoms with E-state index in [0.717, 1.165) is 29.6 Å². The second kappa shape index (κ2) is 6.49. The van der Waals surface area contributed by atoms with Crippen molar-refractivity contribution < 1.29 is 9.18 Å². The van der Waals surface area contributed by atoms with Gasteiger partial charge in [0.1, 0.15) is 5.82 Å². The first kappa shape index (κ1) is 17.0. The van der Waals surface area contributed by atoms with Crippen molar-refractivity contribution in [1.82, 2.24) is 20.3 Å². The van der Waals surface area contributed by atoms with Crippen LogP contribution in [0.1, 0.15) is 15.9 Å². The number of rotatable bonds is 5. The minimum Gasteiger partial charge on any atom is -0.366 e. The molecular formula is C20H19FN6O. The Balaban J connectivity index is 1.17. The summed E-state index contributed by atoms with van der Waals surface area (Å²) in [6.45, 7) is 2.49. The maximum absolute atomic E-state index is 13.4. The van der Waals surface area contributed by atoms with Gasteiger partial charge in [0.25, 0.3) is 5.91 Å². The molecule has 2 fully saturated rings. The Morgan fingerprint density at radius 1 is 1.14 bits per heavy atom. The number of amides is 1. The molecule has 3 N–H and O–H groups in total. The van der Waals surface area contributed by atoms with E-state index in [2.05, 4.69) is 25.2 Å². The van der Waals surface area contributed by atoms with Crippen LogP contribution in [-0.4, -0.2) is 40.0 Å². The van der Waals surface area contributed by atoms with Crippen LogP contribution in [0.25, 0.3) is 10.9 Å². The summed E-state index contributed by atoms with van der Waals surface area (Å²) in [5.41, 5.74) is 7.38. The van der Waals surface area contributed by atoms with Crippen LogP contribution in [0.15, 0.2) is 42.9 Å². The quantitative estimate of drug-likeness (QED) is 0.698. The number of nitrogens with zero attached hydrogens (tertiary/aromatic N) is 4. The van der Waals surface area contributed by atoms with Crippen molar-refractivity contribution in [2.75, 3.05) is 18.0 Å². The molecule has 7 nitrogen and oxygen atoms in total. The van der Waals surface area contributed by atoms with Crippen LogP contribution in [0.4, 0.5) is 10.3 Å². The Kier molecular flexibility index (Phi) is 3.94. The van der Waals surface area contributed by atoms with Crippen molar-refractivity contribution in [2.45, 2.75) is 12.6 Å². The monoisotopic (exact) mass is 378 g/mol.